The van der Waals surface area contributed by atoms with Gasteiger partial charge >= 0.3 is 5.97 Å². The average molecular weight is 922 g/mol. The molecule has 6 aromatic rings. The molecule has 2 heterocycles. The summed E-state index contributed by atoms with van der Waals surface area (Å²) >= 11 is 0. The molecule has 1 saturated heterocycles. The summed E-state index contributed by atoms with van der Waals surface area (Å²) in [7, 11) is 0. The van der Waals surface area contributed by atoms with Crippen LogP contribution in [0.4, 0.5) is 0 Å². The van der Waals surface area contributed by atoms with E-state index in [0.717, 1.165) is 38.0 Å². The van der Waals surface area contributed by atoms with Crippen molar-refractivity contribution < 1.29 is 39.2 Å². The van der Waals surface area contributed by atoms with E-state index in [1.54, 1.807) is 72.8 Å². The molecule has 354 valence electrons. The first-order chi connectivity index (χ1) is 33.0. The van der Waals surface area contributed by atoms with Crippen molar-refractivity contribution in [1.29, 1.82) is 0 Å². The molecule has 1 aliphatic carbocycles. The molecule has 1 aromatic heterocycles. The summed E-state index contributed by atoms with van der Waals surface area (Å²) in [6, 6.07) is 38.8. The Kier molecular flexibility index (Phi) is 15.6. The number of nitrogens with zero attached hydrogens (tertiary/aromatic N) is 1. The number of rotatable bonds is 18. The molecule has 2 atom stereocenters. The number of phenols is 1. The van der Waals surface area contributed by atoms with Gasteiger partial charge in [-0.1, -0.05) is 91.0 Å². The van der Waals surface area contributed by atoms with E-state index in [0.29, 0.717) is 60.1 Å². The SMILES string of the molecule is O=C(COc1cccc([C@](O)(C(=O)OCC2CCN(Cc3ccccc3)CC2)c2ccccc2)c1)NC1CCC(NC(=O)c2ccc(CNC[C@H](O)c3ccc(O)c4[nH]c(=O)ccc34)cc2)CC1. The molecule has 1 saturated carbocycles. The predicted molar refractivity (Wildman–Crippen MR) is 258 cm³/mol. The van der Waals surface area contributed by atoms with E-state index in [-0.39, 0.29) is 72.0 Å². The molecule has 2 aliphatic rings. The van der Waals surface area contributed by atoms with Crippen LogP contribution in [0.5, 0.6) is 11.5 Å². The molecule has 68 heavy (non-hydrogen) atoms. The van der Waals surface area contributed by atoms with Gasteiger partial charge in [-0.2, -0.15) is 0 Å². The lowest BCUT2D eigenvalue weighted by Gasteiger charge is -2.33. The fraction of sp³-hybridized carbons (Fsp3) is 0.333. The van der Waals surface area contributed by atoms with E-state index in [9.17, 15) is 34.5 Å². The topological polar surface area (TPSA) is 203 Å². The monoisotopic (exact) mass is 921 g/mol. The van der Waals surface area contributed by atoms with Gasteiger partial charge in [0.2, 0.25) is 11.2 Å². The van der Waals surface area contributed by atoms with Gasteiger partial charge in [-0.05, 0) is 116 Å². The number of H-pyrrole nitrogens is 1. The van der Waals surface area contributed by atoms with Gasteiger partial charge in [-0.3, -0.25) is 19.3 Å². The number of carbonyl (C=O) groups is 3. The van der Waals surface area contributed by atoms with Crippen molar-refractivity contribution in [3.63, 3.8) is 0 Å². The van der Waals surface area contributed by atoms with E-state index < -0.39 is 17.7 Å². The van der Waals surface area contributed by atoms with Crippen molar-refractivity contribution in [3.05, 3.63) is 177 Å². The van der Waals surface area contributed by atoms with Crippen molar-refractivity contribution in [2.75, 3.05) is 32.8 Å². The lowest BCUT2D eigenvalue weighted by molar-refractivity contribution is -0.164. The maximum Gasteiger partial charge on any atom is 0.347 e. The van der Waals surface area contributed by atoms with Crippen molar-refractivity contribution in [2.24, 2.45) is 5.92 Å². The number of fused-ring (bicyclic) bond motifs is 1. The van der Waals surface area contributed by atoms with Gasteiger partial charge in [0, 0.05) is 54.3 Å². The van der Waals surface area contributed by atoms with Crippen LogP contribution in [-0.2, 0) is 33.0 Å². The van der Waals surface area contributed by atoms with Gasteiger partial charge in [0.15, 0.2) is 6.61 Å². The number of aromatic hydroxyl groups is 1. The number of hydrogen-bond donors (Lipinski definition) is 7. The zero-order chi connectivity index (χ0) is 47.5. The van der Waals surface area contributed by atoms with Crippen LogP contribution in [-0.4, -0.2) is 87.9 Å². The molecule has 2 amide bonds. The molecule has 1 aliphatic heterocycles. The molecule has 14 nitrogen and oxygen atoms in total. The lowest BCUT2D eigenvalue weighted by Crippen LogP contribution is -2.44. The molecule has 8 rings (SSSR count). The first kappa shape index (κ1) is 47.6. The maximum atomic E-state index is 13.9. The fourth-order valence-corrected chi connectivity index (χ4v) is 9.20. The Morgan fingerprint density at radius 1 is 0.750 bits per heavy atom. The minimum absolute atomic E-state index is 0.0423. The Labute approximate surface area is 395 Å². The second-order valence-electron chi connectivity index (χ2n) is 17.9. The van der Waals surface area contributed by atoms with Crippen LogP contribution in [0.25, 0.3) is 10.9 Å². The standard InChI is InChI=1S/C54H59N5O9/c60-47-24-22-45(46-23-25-49(62)58-51(46)47)48(61)32-55-31-36-14-16-39(17-15-36)52(64)57-43-20-18-42(19-21-43)56-50(63)35-67-44-13-7-12-41(30-44)54(66,40-10-5-2-6-11-40)53(65)68-34-38-26-28-59(29-27-38)33-37-8-3-1-4-9-37/h1-17,22-25,30,38,42-43,48,55,60-61,66H,18-21,26-29,31-35H2,(H,56,63)(H,57,64)(H,58,62)/t42?,43?,48-,54-/m0/s1. The van der Waals surface area contributed by atoms with E-state index in [1.165, 1.54) is 17.7 Å². The quantitative estimate of drug-likeness (QED) is 0.0500. The van der Waals surface area contributed by atoms with Gasteiger partial charge < -0.3 is 45.7 Å². The smallest absolute Gasteiger partial charge is 0.347 e. The number of esters is 1. The number of nitrogens with one attached hydrogen (secondary N) is 4. The number of likely N-dealkylation sites (tertiary alicyclic amines) is 1. The second kappa shape index (κ2) is 22.3. The summed E-state index contributed by atoms with van der Waals surface area (Å²) in [6.07, 6.45) is 3.62. The normalized spacial score (nSPS) is 18.0. The first-order valence-corrected chi connectivity index (χ1v) is 23.4. The molecule has 7 N–H and O–H groups in total. The number of phenolic OH excluding ortho intramolecular Hbond substituents is 1. The summed E-state index contributed by atoms with van der Waals surface area (Å²) in [5, 5.41) is 43.1. The van der Waals surface area contributed by atoms with Gasteiger partial charge in [-0.25, -0.2) is 4.79 Å². The molecule has 0 bridgehead atoms. The number of benzene rings is 5. The molecular formula is C54H59N5O9. The third-order valence-electron chi connectivity index (χ3n) is 13.1. The fourth-order valence-electron chi connectivity index (χ4n) is 9.20. The Hall–Kier alpha value is -6.84. The number of aromatic amines is 1. The van der Waals surface area contributed by atoms with Gasteiger partial charge in [0.05, 0.1) is 18.2 Å². The Balaban J connectivity index is 0.761. The zero-order valence-electron chi connectivity index (χ0n) is 37.9. The molecule has 2 fully saturated rings. The van der Waals surface area contributed by atoms with Crippen LogP contribution in [0.15, 0.2) is 138 Å². The highest BCUT2D eigenvalue weighted by Crippen LogP contribution is 2.34. The van der Waals surface area contributed by atoms with E-state index in [4.69, 9.17) is 9.47 Å². The van der Waals surface area contributed by atoms with E-state index >= 15 is 0 Å². The molecule has 0 unspecified atom stereocenters. The van der Waals surface area contributed by atoms with E-state index in [1.807, 2.05) is 36.4 Å². The number of piperidine rings is 1. The van der Waals surface area contributed by atoms with Crippen LogP contribution >= 0.6 is 0 Å². The predicted octanol–water partition coefficient (Wildman–Crippen LogP) is 5.98. The zero-order valence-corrected chi connectivity index (χ0v) is 37.9. The van der Waals surface area contributed by atoms with Gasteiger partial charge in [0.1, 0.15) is 11.5 Å². The highest BCUT2D eigenvalue weighted by atomic mass is 16.5. The molecule has 0 radical (unpaired) electrons. The van der Waals surface area contributed by atoms with Crippen molar-refractivity contribution in [2.45, 2.75) is 75.4 Å². The summed E-state index contributed by atoms with van der Waals surface area (Å²) in [5.41, 5.74) is 1.76. The number of aliphatic hydroxyl groups is 2. The van der Waals surface area contributed by atoms with Crippen molar-refractivity contribution in [3.8, 4) is 11.5 Å². The number of ether oxygens (including phenoxy) is 2. The third kappa shape index (κ3) is 12.0. The minimum Gasteiger partial charge on any atom is -0.506 e. The summed E-state index contributed by atoms with van der Waals surface area (Å²) in [6.45, 7) is 3.30. The summed E-state index contributed by atoms with van der Waals surface area (Å²) < 4.78 is 11.8. The summed E-state index contributed by atoms with van der Waals surface area (Å²) in [5.74, 6) is -0.814. The van der Waals surface area contributed by atoms with Crippen LogP contribution in [0.1, 0.15) is 82.8 Å². The minimum atomic E-state index is -2.10. The van der Waals surface area contributed by atoms with Gasteiger partial charge in [0.25, 0.3) is 11.8 Å². The Morgan fingerprint density at radius 3 is 2.15 bits per heavy atom. The highest BCUT2D eigenvalue weighted by Gasteiger charge is 2.42. The molecule has 5 aromatic carbocycles. The molecular weight excluding hydrogens is 863 g/mol. The molecule has 0 spiro atoms. The lowest BCUT2D eigenvalue weighted by atomic mass is 9.86. The number of carbonyl (C=O) groups excluding carboxylic acids is 3. The number of aliphatic hydroxyl groups excluding tert-OH is 1. The highest BCUT2D eigenvalue weighted by molar-refractivity contribution is 5.94. The third-order valence-corrected chi connectivity index (χ3v) is 13.1. The maximum absolute atomic E-state index is 13.9. The van der Waals surface area contributed by atoms with Crippen LogP contribution in [0.3, 0.4) is 0 Å². The average Bonchev–Trinajstić information content (AvgIpc) is 3.37. The van der Waals surface area contributed by atoms with Crippen molar-refractivity contribution >= 4 is 28.7 Å². The number of aromatic nitrogens is 1. The first-order valence-electron chi connectivity index (χ1n) is 23.4. The van der Waals surface area contributed by atoms with E-state index in [2.05, 4.69) is 38.0 Å². The summed E-state index contributed by atoms with van der Waals surface area (Å²) in [4.78, 5) is 56.9. The number of pyridine rings is 1. The second-order valence-corrected chi connectivity index (χ2v) is 17.9. The van der Waals surface area contributed by atoms with Gasteiger partial charge in [-0.15, -0.1) is 0 Å². The Bertz CT molecular complexity index is 2700. The van der Waals surface area contributed by atoms with Crippen molar-refractivity contribution in [1.82, 2.24) is 25.8 Å². The van der Waals surface area contributed by atoms with Crippen LogP contribution < -0.4 is 26.2 Å². The van der Waals surface area contributed by atoms with Crippen LogP contribution in [0, 0.1) is 5.92 Å². The number of hydrogen-bond acceptors (Lipinski definition) is 11. The largest absolute Gasteiger partial charge is 0.506 e. The molecule has 14 heteroatoms. The Morgan fingerprint density at radius 2 is 1.43 bits per heavy atom. The number of amides is 2. The van der Waals surface area contributed by atoms with Crippen LogP contribution in [0.2, 0.25) is 0 Å².